The maximum Gasteiger partial charge on any atom is 0.278 e. The van der Waals surface area contributed by atoms with Crippen molar-refractivity contribution in [2.75, 3.05) is 18.5 Å². The Morgan fingerprint density at radius 2 is 1.96 bits per heavy atom. The molecule has 144 valence electrons. The number of carbonyl (C=O) groups excluding carboxylic acids is 1. The largest absolute Gasteiger partial charge is 0.490 e. The van der Waals surface area contributed by atoms with E-state index in [0.717, 1.165) is 16.6 Å². The predicted molar refractivity (Wildman–Crippen MR) is 109 cm³/mol. The number of rotatable bonds is 3. The summed E-state index contributed by atoms with van der Waals surface area (Å²) >= 11 is 9.74. The number of benzene rings is 2. The molecule has 1 aliphatic rings. The lowest BCUT2D eigenvalue weighted by Crippen LogP contribution is -2.14. The lowest BCUT2D eigenvalue weighted by Gasteiger charge is -2.12. The topological polar surface area (TPSA) is 78.3 Å². The van der Waals surface area contributed by atoms with Crippen LogP contribution in [0.5, 0.6) is 11.5 Å². The summed E-state index contributed by atoms with van der Waals surface area (Å²) in [5.74, 6) is 0.708. The van der Waals surface area contributed by atoms with Gasteiger partial charge < -0.3 is 14.8 Å². The second-order valence-electron chi connectivity index (χ2n) is 6.20. The van der Waals surface area contributed by atoms with Crippen molar-refractivity contribution in [1.29, 1.82) is 0 Å². The van der Waals surface area contributed by atoms with Gasteiger partial charge in [-0.2, -0.15) is 0 Å². The molecule has 7 nitrogen and oxygen atoms in total. The molecular weight excluding hydrogens is 448 g/mol. The van der Waals surface area contributed by atoms with Crippen LogP contribution in [0, 0.1) is 6.92 Å². The van der Waals surface area contributed by atoms with Crippen LogP contribution in [0.3, 0.4) is 0 Å². The highest BCUT2D eigenvalue weighted by molar-refractivity contribution is 9.10. The summed E-state index contributed by atoms with van der Waals surface area (Å²) < 4.78 is 13.8. The third-order valence-corrected chi connectivity index (χ3v) is 5.05. The average molecular weight is 464 g/mol. The second-order valence-corrected chi connectivity index (χ2v) is 7.52. The van der Waals surface area contributed by atoms with Crippen molar-refractivity contribution >= 4 is 39.1 Å². The molecule has 9 heteroatoms. The highest BCUT2D eigenvalue weighted by Crippen LogP contribution is 2.37. The summed E-state index contributed by atoms with van der Waals surface area (Å²) in [5.41, 5.74) is 2.04. The number of hydrogen-bond acceptors (Lipinski definition) is 5. The Morgan fingerprint density at radius 1 is 1.21 bits per heavy atom. The fourth-order valence-electron chi connectivity index (χ4n) is 2.85. The Bertz CT molecular complexity index is 1050. The summed E-state index contributed by atoms with van der Waals surface area (Å²) in [7, 11) is 0. The number of halogens is 2. The number of hydrogen-bond donors (Lipinski definition) is 1. The Balaban J connectivity index is 1.60. The van der Waals surface area contributed by atoms with E-state index in [1.807, 2.05) is 24.3 Å². The van der Waals surface area contributed by atoms with Gasteiger partial charge in [-0.1, -0.05) is 38.8 Å². The van der Waals surface area contributed by atoms with Crippen molar-refractivity contribution in [3.63, 3.8) is 0 Å². The van der Waals surface area contributed by atoms with Crippen molar-refractivity contribution in [2.45, 2.75) is 13.3 Å². The fraction of sp³-hybridized carbons (Fsp3) is 0.211. The number of nitrogens with one attached hydrogen (secondary N) is 1. The molecular formula is C19H16BrClN4O3. The van der Waals surface area contributed by atoms with Gasteiger partial charge in [0.05, 0.1) is 35.3 Å². The van der Waals surface area contributed by atoms with E-state index >= 15 is 0 Å². The molecule has 0 atom stereocenters. The molecule has 1 aliphatic heterocycles. The molecule has 4 rings (SSSR count). The summed E-state index contributed by atoms with van der Waals surface area (Å²) in [5, 5.41) is 11.3. The normalized spacial score (nSPS) is 13.1. The Labute approximate surface area is 174 Å². The number of ether oxygens (including phenoxy) is 2. The van der Waals surface area contributed by atoms with Gasteiger partial charge in [0.2, 0.25) is 0 Å². The summed E-state index contributed by atoms with van der Waals surface area (Å²) in [6, 6.07) is 10.9. The summed E-state index contributed by atoms with van der Waals surface area (Å²) in [4.78, 5) is 12.8. The molecule has 2 aromatic carbocycles. The van der Waals surface area contributed by atoms with Gasteiger partial charge in [-0.05, 0) is 25.1 Å². The molecule has 0 saturated carbocycles. The molecule has 1 N–H and O–H groups in total. The van der Waals surface area contributed by atoms with Gasteiger partial charge in [-0.15, -0.1) is 5.10 Å². The molecule has 1 aromatic heterocycles. The van der Waals surface area contributed by atoms with Crippen LogP contribution in [0.2, 0.25) is 5.02 Å². The molecule has 0 aliphatic carbocycles. The third-order valence-electron chi connectivity index (χ3n) is 4.25. The first-order valence-corrected chi connectivity index (χ1v) is 9.79. The maximum atomic E-state index is 12.8. The van der Waals surface area contributed by atoms with Crippen molar-refractivity contribution in [3.05, 3.63) is 57.3 Å². The van der Waals surface area contributed by atoms with Crippen LogP contribution in [0.1, 0.15) is 22.6 Å². The minimum atomic E-state index is -0.407. The summed E-state index contributed by atoms with van der Waals surface area (Å²) in [6.45, 7) is 2.89. The SMILES string of the molecule is Cc1c(C(=O)Nc2cc3c(cc2Cl)OCCCO3)nnn1-c1cccc(Br)c1. The molecule has 3 aromatic rings. The van der Waals surface area contributed by atoms with E-state index in [1.54, 1.807) is 23.7 Å². The van der Waals surface area contributed by atoms with Gasteiger partial charge in [0.1, 0.15) is 0 Å². The zero-order valence-corrected chi connectivity index (χ0v) is 17.2. The molecule has 0 unspecified atom stereocenters. The minimum absolute atomic E-state index is 0.211. The van der Waals surface area contributed by atoms with Crippen LogP contribution >= 0.6 is 27.5 Å². The van der Waals surface area contributed by atoms with Crippen molar-refractivity contribution in [2.24, 2.45) is 0 Å². The Kier molecular flexibility index (Phi) is 5.23. The van der Waals surface area contributed by atoms with Gasteiger partial charge in [0.25, 0.3) is 5.91 Å². The average Bonchev–Trinajstić information content (AvgIpc) is 2.91. The number of amides is 1. The summed E-state index contributed by atoms with van der Waals surface area (Å²) in [6.07, 6.45) is 0.784. The van der Waals surface area contributed by atoms with Gasteiger partial charge in [-0.3, -0.25) is 4.79 Å². The molecule has 0 fully saturated rings. The van der Waals surface area contributed by atoms with E-state index in [1.165, 1.54) is 0 Å². The minimum Gasteiger partial charge on any atom is -0.490 e. The molecule has 0 saturated heterocycles. The van der Waals surface area contributed by atoms with Crippen LogP contribution in [0.15, 0.2) is 40.9 Å². The number of anilines is 1. The van der Waals surface area contributed by atoms with E-state index in [9.17, 15) is 4.79 Å². The first-order valence-electron chi connectivity index (χ1n) is 8.61. The number of nitrogens with zero attached hydrogens (tertiary/aromatic N) is 3. The van der Waals surface area contributed by atoms with Crippen LogP contribution in [0.25, 0.3) is 5.69 Å². The van der Waals surface area contributed by atoms with E-state index in [4.69, 9.17) is 21.1 Å². The molecule has 28 heavy (non-hydrogen) atoms. The molecule has 0 radical (unpaired) electrons. The Morgan fingerprint density at radius 3 is 2.71 bits per heavy atom. The van der Waals surface area contributed by atoms with Crippen molar-refractivity contribution < 1.29 is 14.3 Å². The van der Waals surface area contributed by atoms with Crippen LogP contribution in [0.4, 0.5) is 5.69 Å². The molecule has 1 amide bonds. The zero-order chi connectivity index (χ0) is 19.7. The van der Waals surface area contributed by atoms with Gasteiger partial charge in [0, 0.05) is 23.0 Å². The zero-order valence-electron chi connectivity index (χ0n) is 14.9. The molecule has 0 spiro atoms. The van der Waals surface area contributed by atoms with Crippen molar-refractivity contribution in [1.82, 2.24) is 15.0 Å². The van der Waals surface area contributed by atoms with Crippen LogP contribution < -0.4 is 14.8 Å². The number of aromatic nitrogens is 3. The fourth-order valence-corrected chi connectivity index (χ4v) is 3.44. The van der Waals surface area contributed by atoms with Crippen LogP contribution in [-0.4, -0.2) is 34.1 Å². The number of carbonyl (C=O) groups is 1. The van der Waals surface area contributed by atoms with E-state index in [-0.39, 0.29) is 5.69 Å². The Hall–Kier alpha value is -2.58. The van der Waals surface area contributed by atoms with Crippen molar-refractivity contribution in [3.8, 4) is 17.2 Å². The highest BCUT2D eigenvalue weighted by atomic mass is 79.9. The van der Waals surface area contributed by atoms with Gasteiger partial charge in [0.15, 0.2) is 17.2 Å². The number of fused-ring (bicyclic) bond motifs is 1. The monoisotopic (exact) mass is 462 g/mol. The first kappa shape index (κ1) is 18.8. The lowest BCUT2D eigenvalue weighted by molar-refractivity contribution is 0.102. The van der Waals surface area contributed by atoms with Crippen LogP contribution in [-0.2, 0) is 0 Å². The molecule has 2 heterocycles. The van der Waals surface area contributed by atoms with E-state index in [2.05, 4.69) is 31.6 Å². The quantitative estimate of drug-likeness (QED) is 0.623. The smallest absolute Gasteiger partial charge is 0.278 e. The van der Waals surface area contributed by atoms with E-state index < -0.39 is 5.91 Å². The predicted octanol–water partition coefficient (Wildman–Crippen LogP) is 4.41. The lowest BCUT2D eigenvalue weighted by atomic mass is 10.2. The van der Waals surface area contributed by atoms with E-state index in [0.29, 0.717) is 41.1 Å². The second kappa shape index (κ2) is 7.81. The third kappa shape index (κ3) is 3.70. The standard InChI is InChI=1S/C19H16BrClN4O3/c1-11-18(23-24-25(11)13-5-2-4-12(20)8-13)19(26)22-15-10-17-16(9-14(15)21)27-6-3-7-28-17/h2,4-5,8-10H,3,6-7H2,1H3,(H,22,26). The maximum absolute atomic E-state index is 12.8. The molecule has 0 bridgehead atoms. The highest BCUT2D eigenvalue weighted by Gasteiger charge is 2.20. The van der Waals surface area contributed by atoms with Gasteiger partial charge in [-0.25, -0.2) is 4.68 Å². The first-order chi connectivity index (χ1) is 13.5. The van der Waals surface area contributed by atoms with Gasteiger partial charge >= 0.3 is 0 Å².